The molecular weight excluding hydrogens is 250 g/mol. The topological polar surface area (TPSA) is 43.1 Å². The van der Waals surface area contributed by atoms with Crippen molar-refractivity contribution in [3.05, 3.63) is 23.8 Å². The second kappa shape index (κ2) is 4.15. The lowest BCUT2D eigenvalue weighted by molar-refractivity contribution is 0.0996. The molecule has 1 unspecified atom stereocenters. The number of nitrogen functional groups attached to an aromatic ring is 1. The van der Waals surface area contributed by atoms with Gasteiger partial charge in [-0.25, -0.2) is 0 Å². The van der Waals surface area contributed by atoms with Crippen molar-refractivity contribution in [2.75, 3.05) is 5.73 Å². The number of halogens is 1. The Morgan fingerprint density at radius 1 is 1.62 bits per heavy atom. The molecule has 0 aliphatic carbocycles. The summed E-state index contributed by atoms with van der Waals surface area (Å²) >= 11 is 7.34. The Hall–Kier alpha value is -0.480. The number of carbonyl (C=O) groups is 1. The third kappa shape index (κ3) is 2.25. The van der Waals surface area contributed by atoms with Gasteiger partial charge in [0.05, 0.1) is 10.5 Å². The van der Waals surface area contributed by atoms with Crippen LogP contribution >= 0.6 is 28.6 Å². The van der Waals surface area contributed by atoms with Crippen LogP contribution < -0.4 is 5.73 Å². The number of nitrogens with two attached hydrogens (primary N) is 1. The first-order valence-corrected chi connectivity index (χ1v) is 5.16. The minimum atomic E-state index is -0.218. The molecule has 0 fully saturated rings. The van der Waals surface area contributed by atoms with Gasteiger partial charge < -0.3 is 5.73 Å². The van der Waals surface area contributed by atoms with Crippen LogP contribution in [0.25, 0.3) is 0 Å². The van der Waals surface area contributed by atoms with E-state index in [2.05, 4.69) is 28.6 Å². The van der Waals surface area contributed by atoms with E-state index in [-0.39, 0.29) is 10.6 Å². The Kier molecular flexibility index (Phi) is 3.39. The van der Waals surface area contributed by atoms with Crippen molar-refractivity contribution < 1.29 is 4.79 Å². The SMILES string of the molecule is CC(Br)C(=O)c1cccc(S)c1N. The smallest absolute Gasteiger partial charge is 0.178 e. The van der Waals surface area contributed by atoms with Gasteiger partial charge in [-0.2, -0.15) is 0 Å². The number of hydrogen-bond acceptors (Lipinski definition) is 3. The standard InChI is InChI=1S/C9H10BrNOS/c1-5(10)9(12)6-3-2-4-7(13)8(6)11/h2-5,13H,11H2,1H3. The summed E-state index contributed by atoms with van der Waals surface area (Å²) in [5, 5.41) is 0. The van der Waals surface area contributed by atoms with Gasteiger partial charge in [-0.3, -0.25) is 4.79 Å². The van der Waals surface area contributed by atoms with Crippen molar-refractivity contribution in [1.82, 2.24) is 0 Å². The highest BCUT2D eigenvalue weighted by molar-refractivity contribution is 9.10. The lowest BCUT2D eigenvalue weighted by Crippen LogP contribution is -2.12. The molecule has 1 atom stereocenters. The highest BCUT2D eigenvalue weighted by Crippen LogP contribution is 2.23. The molecule has 0 saturated heterocycles. The Bertz CT molecular complexity index is 338. The first-order chi connectivity index (χ1) is 6.04. The molecule has 2 nitrogen and oxygen atoms in total. The van der Waals surface area contributed by atoms with Gasteiger partial charge in [-0.1, -0.05) is 22.0 Å². The molecule has 0 radical (unpaired) electrons. The minimum absolute atomic E-state index is 0.0200. The summed E-state index contributed by atoms with van der Waals surface area (Å²) in [5.74, 6) is -0.0200. The van der Waals surface area contributed by atoms with E-state index in [0.29, 0.717) is 16.1 Å². The lowest BCUT2D eigenvalue weighted by atomic mass is 10.1. The van der Waals surface area contributed by atoms with Gasteiger partial charge in [0.25, 0.3) is 0 Å². The number of anilines is 1. The number of alkyl halides is 1. The highest BCUT2D eigenvalue weighted by atomic mass is 79.9. The van der Waals surface area contributed by atoms with Crippen LogP contribution in [0.4, 0.5) is 5.69 Å². The van der Waals surface area contributed by atoms with Crippen molar-refractivity contribution in [3.8, 4) is 0 Å². The molecule has 0 saturated carbocycles. The number of Topliss-reactive ketones (excluding diaryl/α,β-unsaturated/α-hetero) is 1. The maximum absolute atomic E-state index is 11.6. The van der Waals surface area contributed by atoms with E-state index >= 15 is 0 Å². The third-order valence-corrected chi connectivity index (χ3v) is 2.52. The number of rotatable bonds is 2. The van der Waals surface area contributed by atoms with Crippen LogP contribution in [0.1, 0.15) is 17.3 Å². The molecule has 0 heterocycles. The molecular formula is C9H10BrNOS. The Labute approximate surface area is 91.1 Å². The molecule has 1 rings (SSSR count). The van der Waals surface area contributed by atoms with Crippen molar-refractivity contribution in [3.63, 3.8) is 0 Å². The van der Waals surface area contributed by atoms with Gasteiger partial charge in [0.15, 0.2) is 5.78 Å². The van der Waals surface area contributed by atoms with Gasteiger partial charge >= 0.3 is 0 Å². The summed E-state index contributed by atoms with van der Waals surface area (Å²) in [6.07, 6.45) is 0. The average Bonchev–Trinajstić information content (AvgIpc) is 2.08. The molecule has 2 N–H and O–H groups in total. The van der Waals surface area contributed by atoms with Crippen LogP contribution in [0.5, 0.6) is 0 Å². The van der Waals surface area contributed by atoms with Crippen molar-refractivity contribution in [2.24, 2.45) is 0 Å². The zero-order valence-electron chi connectivity index (χ0n) is 7.12. The molecule has 0 spiro atoms. The fraction of sp³-hybridized carbons (Fsp3) is 0.222. The quantitative estimate of drug-likeness (QED) is 0.371. The molecule has 0 aliphatic rings. The fourth-order valence-electron chi connectivity index (χ4n) is 0.982. The number of benzene rings is 1. The fourth-order valence-corrected chi connectivity index (χ4v) is 1.44. The third-order valence-electron chi connectivity index (χ3n) is 1.71. The van der Waals surface area contributed by atoms with E-state index in [9.17, 15) is 4.79 Å². The summed E-state index contributed by atoms with van der Waals surface area (Å²) in [4.78, 5) is 12.0. The van der Waals surface area contributed by atoms with Crippen LogP contribution in [0, 0.1) is 0 Å². The zero-order chi connectivity index (χ0) is 10.0. The van der Waals surface area contributed by atoms with Gasteiger partial charge in [0.2, 0.25) is 0 Å². The zero-order valence-corrected chi connectivity index (χ0v) is 9.60. The summed E-state index contributed by atoms with van der Waals surface area (Å²) in [6, 6.07) is 5.23. The van der Waals surface area contributed by atoms with Crippen molar-refractivity contribution >= 4 is 40.0 Å². The normalized spacial score (nSPS) is 12.5. The first kappa shape index (κ1) is 10.6. The summed E-state index contributed by atoms with van der Waals surface area (Å²) < 4.78 is 0. The molecule has 0 bridgehead atoms. The van der Waals surface area contributed by atoms with Gasteiger partial charge in [-0.15, -0.1) is 12.6 Å². The van der Waals surface area contributed by atoms with Gasteiger partial charge in [0.1, 0.15) is 0 Å². The van der Waals surface area contributed by atoms with E-state index in [0.717, 1.165) is 0 Å². The van der Waals surface area contributed by atoms with Gasteiger partial charge in [0, 0.05) is 10.5 Å². The Morgan fingerprint density at radius 2 is 2.23 bits per heavy atom. The molecule has 1 aromatic carbocycles. The predicted octanol–water partition coefficient (Wildman–Crippen LogP) is 2.52. The molecule has 0 amide bonds. The molecule has 4 heteroatoms. The monoisotopic (exact) mass is 259 g/mol. The first-order valence-electron chi connectivity index (χ1n) is 3.79. The van der Waals surface area contributed by atoms with E-state index in [4.69, 9.17) is 5.73 Å². The second-order valence-electron chi connectivity index (χ2n) is 2.72. The summed E-state index contributed by atoms with van der Waals surface area (Å²) in [7, 11) is 0. The number of ketones is 1. The van der Waals surface area contributed by atoms with Crippen molar-refractivity contribution in [2.45, 2.75) is 16.6 Å². The van der Waals surface area contributed by atoms with Crippen LogP contribution in [0.2, 0.25) is 0 Å². The largest absolute Gasteiger partial charge is 0.397 e. The minimum Gasteiger partial charge on any atom is -0.397 e. The highest BCUT2D eigenvalue weighted by Gasteiger charge is 2.15. The molecule has 13 heavy (non-hydrogen) atoms. The van der Waals surface area contributed by atoms with E-state index in [1.165, 1.54) is 0 Å². The molecule has 1 aromatic rings. The Morgan fingerprint density at radius 3 is 2.77 bits per heavy atom. The number of carbonyl (C=O) groups excluding carboxylic acids is 1. The van der Waals surface area contributed by atoms with E-state index in [1.54, 1.807) is 25.1 Å². The van der Waals surface area contributed by atoms with Crippen LogP contribution in [-0.2, 0) is 0 Å². The average molecular weight is 260 g/mol. The van der Waals surface area contributed by atoms with Gasteiger partial charge in [-0.05, 0) is 19.1 Å². The van der Waals surface area contributed by atoms with Crippen LogP contribution in [0.15, 0.2) is 23.1 Å². The van der Waals surface area contributed by atoms with E-state index < -0.39 is 0 Å². The maximum atomic E-state index is 11.6. The summed E-state index contributed by atoms with van der Waals surface area (Å²) in [6.45, 7) is 1.77. The van der Waals surface area contributed by atoms with Crippen molar-refractivity contribution in [1.29, 1.82) is 0 Å². The lowest BCUT2D eigenvalue weighted by Gasteiger charge is -2.07. The Balaban J connectivity index is 3.15. The maximum Gasteiger partial charge on any atom is 0.178 e. The predicted molar refractivity (Wildman–Crippen MR) is 60.8 cm³/mol. The second-order valence-corrected chi connectivity index (χ2v) is 4.57. The van der Waals surface area contributed by atoms with Crippen LogP contribution in [-0.4, -0.2) is 10.6 Å². The number of hydrogen-bond donors (Lipinski definition) is 2. The number of para-hydroxylation sites is 1. The summed E-state index contributed by atoms with van der Waals surface area (Å²) in [5.41, 5.74) is 6.67. The molecule has 0 aliphatic heterocycles. The van der Waals surface area contributed by atoms with Crippen LogP contribution in [0.3, 0.4) is 0 Å². The molecule has 70 valence electrons. The number of thiol groups is 1. The van der Waals surface area contributed by atoms with E-state index in [1.807, 2.05) is 0 Å². The molecule has 0 aromatic heterocycles.